The highest BCUT2D eigenvalue weighted by molar-refractivity contribution is 6.02. The highest BCUT2D eigenvalue weighted by atomic mass is 16.5. The Kier molecular flexibility index (Phi) is 6.78. The number of hydrogen-bond donors (Lipinski definition) is 4. The molecule has 4 N–H and O–H groups in total. The molecule has 34 heavy (non-hydrogen) atoms. The van der Waals surface area contributed by atoms with Gasteiger partial charge in [0.05, 0.1) is 6.21 Å². The van der Waals surface area contributed by atoms with Gasteiger partial charge in [-0.3, -0.25) is 14.6 Å². The van der Waals surface area contributed by atoms with Crippen LogP contribution < -0.4 is 26.7 Å². The van der Waals surface area contributed by atoms with Crippen molar-refractivity contribution >= 4 is 28.7 Å². The third-order valence-corrected chi connectivity index (χ3v) is 4.99. The number of nitrogens with one attached hydrogen (secondary N) is 4. The van der Waals surface area contributed by atoms with Crippen LogP contribution in [0.5, 0.6) is 5.75 Å². The van der Waals surface area contributed by atoms with Crippen molar-refractivity contribution in [3.05, 3.63) is 98.7 Å². The van der Waals surface area contributed by atoms with Gasteiger partial charge in [-0.25, -0.2) is 15.3 Å². The van der Waals surface area contributed by atoms with Gasteiger partial charge in [-0.15, -0.1) is 5.10 Å². The topological polar surface area (TPSA) is 141 Å². The van der Waals surface area contributed by atoms with Gasteiger partial charge in [0.25, 0.3) is 11.5 Å². The number of aromatic nitrogens is 3. The van der Waals surface area contributed by atoms with Gasteiger partial charge in [-0.1, -0.05) is 60.7 Å². The standard InChI is InChI=1S/C24H22N6O4/c1-15(26-21-23(32)27-24(33)30-28-21)22(31)29-25-13-19-18-10-6-5-9-17(18)11-12-20(19)34-14-16-7-3-2-4-8-16/h2-13,15H,14H2,1H3,(H,26,28)(H,29,31)(H2,27,30,32,33)/b25-13-/t15-/m0/s1. The molecule has 4 rings (SSSR count). The molecule has 0 spiro atoms. The molecule has 0 aliphatic carbocycles. The SMILES string of the molecule is C[C@H](Nc1n[nH]c(=O)[nH]c1=O)C(=O)N/N=C\c1c(OCc2ccccc2)ccc2ccccc12. The van der Waals surface area contributed by atoms with Crippen molar-refractivity contribution < 1.29 is 9.53 Å². The van der Waals surface area contributed by atoms with E-state index in [1.165, 1.54) is 13.1 Å². The van der Waals surface area contributed by atoms with Gasteiger partial charge in [-0.05, 0) is 29.3 Å². The first-order chi connectivity index (χ1) is 16.5. The maximum absolute atomic E-state index is 12.4. The summed E-state index contributed by atoms with van der Waals surface area (Å²) >= 11 is 0. The minimum Gasteiger partial charge on any atom is -0.488 e. The lowest BCUT2D eigenvalue weighted by Crippen LogP contribution is -2.38. The summed E-state index contributed by atoms with van der Waals surface area (Å²) in [5, 5.41) is 14.3. The van der Waals surface area contributed by atoms with E-state index < -0.39 is 23.2 Å². The lowest BCUT2D eigenvalue weighted by atomic mass is 10.0. The van der Waals surface area contributed by atoms with Gasteiger partial charge < -0.3 is 10.1 Å². The molecule has 4 aromatic rings. The van der Waals surface area contributed by atoms with E-state index in [9.17, 15) is 14.4 Å². The number of nitrogens with zero attached hydrogens (tertiary/aromatic N) is 2. The minimum absolute atomic E-state index is 0.183. The van der Waals surface area contributed by atoms with Crippen molar-refractivity contribution in [1.29, 1.82) is 0 Å². The van der Waals surface area contributed by atoms with E-state index in [1.54, 1.807) is 0 Å². The van der Waals surface area contributed by atoms with Crippen molar-refractivity contribution in [2.45, 2.75) is 19.6 Å². The normalized spacial score (nSPS) is 11.9. The molecule has 1 atom stereocenters. The van der Waals surface area contributed by atoms with Crippen LogP contribution in [0.1, 0.15) is 18.1 Å². The zero-order valence-electron chi connectivity index (χ0n) is 18.2. The van der Waals surface area contributed by atoms with Crippen molar-refractivity contribution in [2.24, 2.45) is 5.10 Å². The molecule has 172 valence electrons. The van der Waals surface area contributed by atoms with E-state index >= 15 is 0 Å². The smallest absolute Gasteiger partial charge is 0.342 e. The molecule has 1 amide bonds. The molecule has 10 nitrogen and oxygen atoms in total. The predicted molar refractivity (Wildman–Crippen MR) is 129 cm³/mol. The quantitative estimate of drug-likeness (QED) is 0.235. The van der Waals surface area contributed by atoms with Gasteiger partial charge in [-0.2, -0.15) is 5.10 Å². The van der Waals surface area contributed by atoms with Gasteiger partial charge in [0, 0.05) is 5.56 Å². The Labute approximate surface area is 193 Å². The van der Waals surface area contributed by atoms with Crippen LogP contribution in [0.2, 0.25) is 0 Å². The summed E-state index contributed by atoms with van der Waals surface area (Å²) in [5.41, 5.74) is 2.72. The van der Waals surface area contributed by atoms with Crippen LogP contribution >= 0.6 is 0 Å². The largest absolute Gasteiger partial charge is 0.488 e. The summed E-state index contributed by atoms with van der Waals surface area (Å²) in [6, 6.07) is 20.6. The van der Waals surface area contributed by atoms with Gasteiger partial charge >= 0.3 is 5.69 Å². The van der Waals surface area contributed by atoms with Crippen molar-refractivity contribution in [1.82, 2.24) is 20.6 Å². The van der Waals surface area contributed by atoms with Crippen LogP contribution in [-0.2, 0) is 11.4 Å². The first-order valence-electron chi connectivity index (χ1n) is 10.5. The maximum Gasteiger partial charge on any atom is 0.342 e. The van der Waals surface area contributed by atoms with Crippen molar-refractivity contribution in [3.63, 3.8) is 0 Å². The van der Waals surface area contributed by atoms with Crippen LogP contribution in [-0.4, -0.2) is 33.3 Å². The number of H-pyrrole nitrogens is 2. The fourth-order valence-corrected chi connectivity index (χ4v) is 3.24. The number of benzene rings is 3. The Hall–Kier alpha value is -4.73. The third kappa shape index (κ3) is 5.36. The lowest BCUT2D eigenvalue weighted by Gasteiger charge is -2.13. The van der Waals surface area contributed by atoms with Gasteiger partial charge in [0.15, 0.2) is 0 Å². The molecule has 0 unspecified atom stereocenters. The lowest BCUT2D eigenvalue weighted by molar-refractivity contribution is -0.121. The zero-order valence-corrected chi connectivity index (χ0v) is 18.2. The molecule has 1 heterocycles. The Morgan fingerprint density at radius 2 is 1.85 bits per heavy atom. The number of anilines is 1. The molecule has 0 bridgehead atoms. The number of amides is 1. The van der Waals surface area contributed by atoms with E-state index in [0.717, 1.165) is 16.3 Å². The molecule has 1 aromatic heterocycles. The highest BCUT2D eigenvalue weighted by Crippen LogP contribution is 2.27. The number of ether oxygens (including phenoxy) is 1. The van der Waals surface area contributed by atoms with Crippen LogP contribution in [0, 0.1) is 0 Å². The van der Waals surface area contributed by atoms with E-state index in [4.69, 9.17) is 4.74 Å². The van der Waals surface area contributed by atoms with Crippen LogP contribution in [0.25, 0.3) is 10.8 Å². The summed E-state index contributed by atoms with van der Waals surface area (Å²) in [6.45, 7) is 1.91. The maximum atomic E-state index is 12.4. The van der Waals surface area contributed by atoms with E-state index in [0.29, 0.717) is 17.9 Å². The Balaban J connectivity index is 1.50. The molecule has 0 radical (unpaired) electrons. The Morgan fingerprint density at radius 3 is 2.65 bits per heavy atom. The fraction of sp³-hybridized carbons (Fsp3) is 0.125. The summed E-state index contributed by atoms with van der Waals surface area (Å²) < 4.78 is 6.05. The molecular formula is C24H22N6O4. The van der Waals surface area contributed by atoms with Crippen molar-refractivity contribution in [3.8, 4) is 5.75 Å². The number of aromatic amines is 2. The van der Waals surface area contributed by atoms with Gasteiger partial charge in [0.2, 0.25) is 5.82 Å². The van der Waals surface area contributed by atoms with E-state index in [2.05, 4.69) is 26.0 Å². The van der Waals surface area contributed by atoms with Crippen LogP contribution in [0.4, 0.5) is 5.82 Å². The second-order valence-corrected chi connectivity index (χ2v) is 7.43. The number of carbonyl (C=O) groups excluding carboxylic acids is 1. The average molecular weight is 458 g/mol. The number of rotatable bonds is 8. The zero-order chi connectivity index (χ0) is 23.9. The second-order valence-electron chi connectivity index (χ2n) is 7.43. The van der Waals surface area contributed by atoms with Crippen LogP contribution in [0.15, 0.2) is 81.4 Å². The molecule has 0 aliphatic rings. The third-order valence-electron chi connectivity index (χ3n) is 4.99. The number of fused-ring (bicyclic) bond motifs is 1. The molecule has 0 saturated heterocycles. The molecule has 0 fully saturated rings. The molecular weight excluding hydrogens is 436 g/mol. The summed E-state index contributed by atoms with van der Waals surface area (Å²) in [6.07, 6.45) is 1.53. The minimum atomic E-state index is -0.849. The second kappa shape index (κ2) is 10.3. The molecule has 0 saturated carbocycles. The fourth-order valence-electron chi connectivity index (χ4n) is 3.24. The number of carbonyl (C=O) groups is 1. The number of hydrogen-bond acceptors (Lipinski definition) is 7. The van der Waals surface area contributed by atoms with Gasteiger partial charge in [0.1, 0.15) is 18.4 Å². The first-order valence-corrected chi connectivity index (χ1v) is 10.5. The average Bonchev–Trinajstić information content (AvgIpc) is 2.85. The molecule has 3 aromatic carbocycles. The summed E-state index contributed by atoms with van der Waals surface area (Å²) in [4.78, 5) is 37.3. The Bertz CT molecular complexity index is 1450. The summed E-state index contributed by atoms with van der Waals surface area (Å²) in [7, 11) is 0. The Morgan fingerprint density at radius 1 is 1.09 bits per heavy atom. The van der Waals surface area contributed by atoms with Crippen LogP contribution in [0.3, 0.4) is 0 Å². The molecule has 10 heteroatoms. The van der Waals surface area contributed by atoms with E-state index in [-0.39, 0.29) is 5.82 Å². The van der Waals surface area contributed by atoms with E-state index in [1.807, 2.05) is 71.7 Å². The van der Waals surface area contributed by atoms with Crippen molar-refractivity contribution in [2.75, 3.05) is 5.32 Å². The number of hydrazone groups is 1. The summed E-state index contributed by atoms with van der Waals surface area (Å²) in [5.74, 6) is -0.0665. The monoisotopic (exact) mass is 458 g/mol. The molecule has 0 aliphatic heterocycles. The highest BCUT2D eigenvalue weighted by Gasteiger charge is 2.15. The first kappa shape index (κ1) is 22.5. The predicted octanol–water partition coefficient (Wildman–Crippen LogP) is 2.14.